The number of nitrogens with two attached hydrogens (primary N) is 1. The van der Waals surface area contributed by atoms with Crippen LogP contribution in [0, 0.1) is 5.41 Å². The first-order valence-corrected chi connectivity index (χ1v) is 6.07. The van der Waals surface area contributed by atoms with Crippen molar-refractivity contribution in [3.63, 3.8) is 0 Å². The number of halogens is 1. The van der Waals surface area contributed by atoms with Crippen LogP contribution in [-0.4, -0.2) is 52.2 Å². The van der Waals surface area contributed by atoms with Crippen molar-refractivity contribution in [1.29, 1.82) is 5.41 Å². The number of aliphatic hydroxyl groups is 3. The van der Waals surface area contributed by atoms with E-state index in [2.05, 4.69) is 0 Å². The van der Waals surface area contributed by atoms with Crippen LogP contribution in [0.25, 0.3) is 0 Å². The molecule has 1 aliphatic heterocycles. The van der Waals surface area contributed by atoms with Gasteiger partial charge in [-0.05, 0) is 5.56 Å². The zero-order chi connectivity index (χ0) is 14.0. The van der Waals surface area contributed by atoms with Gasteiger partial charge < -0.3 is 25.8 Å². The second-order valence-electron chi connectivity index (χ2n) is 4.69. The minimum atomic E-state index is -1.30. The van der Waals surface area contributed by atoms with E-state index < -0.39 is 30.3 Å². The Morgan fingerprint density at radius 2 is 1.80 bits per heavy atom. The largest absolute Gasteiger partial charge is 0.388 e. The Kier molecular flexibility index (Phi) is 6.09. The molecule has 6 N–H and O–H groups in total. The van der Waals surface area contributed by atoms with E-state index in [9.17, 15) is 15.3 Å². The summed E-state index contributed by atoms with van der Waals surface area (Å²) >= 11 is 0. The highest BCUT2D eigenvalue weighted by molar-refractivity contribution is 8.93. The minimum Gasteiger partial charge on any atom is -0.388 e. The van der Waals surface area contributed by atoms with Gasteiger partial charge in [0.25, 0.3) is 0 Å². The average molecular weight is 347 g/mol. The first kappa shape index (κ1) is 17.1. The number of hydrogen-bond donors (Lipinski definition) is 5. The molecule has 112 valence electrons. The lowest BCUT2D eigenvalue weighted by Gasteiger charge is -2.39. The number of hydrogen-bond acceptors (Lipinski definition) is 5. The molecule has 0 radical (unpaired) electrons. The third kappa shape index (κ3) is 3.36. The Hall–Kier alpha value is -0.990. The molecule has 7 heteroatoms. The quantitative estimate of drug-likeness (QED) is 0.382. The van der Waals surface area contributed by atoms with Crippen LogP contribution in [0.5, 0.6) is 0 Å². The summed E-state index contributed by atoms with van der Waals surface area (Å²) in [6, 6.07) is 8.98. The van der Waals surface area contributed by atoms with Crippen molar-refractivity contribution < 1.29 is 20.1 Å². The second kappa shape index (κ2) is 7.14. The molecular formula is C13H19BrN2O4. The molecule has 1 fully saturated rings. The molecule has 0 spiro atoms. The van der Waals surface area contributed by atoms with Crippen molar-refractivity contribution in [2.24, 2.45) is 5.73 Å². The second-order valence-corrected chi connectivity index (χ2v) is 4.69. The standard InChI is InChI=1S/C13H18N2O4.BrH/c14-13(15)9(7-4-2-1-3-5-7)12-11(18)10(17)8(16)6-19-12;/h1-5,8-12,16-18H,6H2,(H3,14,15);1H/t8-,9?,10+,11-,12+;/m1./s1. The van der Waals surface area contributed by atoms with Crippen LogP contribution in [-0.2, 0) is 4.74 Å². The van der Waals surface area contributed by atoms with Gasteiger partial charge in [0, 0.05) is 0 Å². The fourth-order valence-electron chi connectivity index (χ4n) is 2.33. The number of nitrogens with one attached hydrogen (secondary N) is 1. The van der Waals surface area contributed by atoms with Gasteiger partial charge in [0.15, 0.2) is 0 Å². The Labute approximate surface area is 127 Å². The lowest BCUT2D eigenvalue weighted by Crippen LogP contribution is -2.56. The number of aliphatic hydroxyl groups excluding tert-OH is 3. The maximum Gasteiger partial charge on any atom is 0.111 e. The van der Waals surface area contributed by atoms with Gasteiger partial charge in [0.05, 0.1) is 18.6 Å². The summed E-state index contributed by atoms with van der Waals surface area (Å²) in [6.45, 7) is -0.0977. The van der Waals surface area contributed by atoms with Gasteiger partial charge in [-0.2, -0.15) is 0 Å². The van der Waals surface area contributed by atoms with Crippen molar-refractivity contribution >= 4 is 22.8 Å². The number of rotatable bonds is 3. The van der Waals surface area contributed by atoms with Gasteiger partial charge >= 0.3 is 0 Å². The van der Waals surface area contributed by atoms with Crippen molar-refractivity contribution in [2.75, 3.05) is 6.61 Å². The lowest BCUT2D eigenvalue weighted by molar-refractivity contribution is -0.188. The summed E-state index contributed by atoms with van der Waals surface area (Å²) in [6.07, 6.45) is -4.57. The molecule has 0 bridgehead atoms. The van der Waals surface area contributed by atoms with Crippen molar-refractivity contribution in [3.05, 3.63) is 35.9 Å². The highest BCUT2D eigenvalue weighted by Gasteiger charge is 2.42. The highest BCUT2D eigenvalue weighted by atomic mass is 79.9. The van der Waals surface area contributed by atoms with Gasteiger partial charge in [0.1, 0.15) is 24.1 Å². The summed E-state index contributed by atoms with van der Waals surface area (Å²) in [5.41, 5.74) is 6.31. The summed E-state index contributed by atoms with van der Waals surface area (Å²) in [5.74, 6) is -0.808. The molecule has 20 heavy (non-hydrogen) atoms. The van der Waals surface area contributed by atoms with Crippen molar-refractivity contribution in [3.8, 4) is 0 Å². The van der Waals surface area contributed by atoms with Crippen LogP contribution in [0.1, 0.15) is 11.5 Å². The van der Waals surface area contributed by atoms with E-state index in [1.54, 1.807) is 24.3 Å². The molecule has 0 aromatic heterocycles. The van der Waals surface area contributed by atoms with Crippen LogP contribution in [0.3, 0.4) is 0 Å². The molecule has 1 aliphatic rings. The maximum atomic E-state index is 10.0. The Balaban J connectivity index is 0.00000200. The third-order valence-corrected chi connectivity index (χ3v) is 3.36. The SMILES string of the molecule is Br.N=C(N)C(c1ccccc1)[C@@H]1OC[C@@H](O)[C@H](O)[C@H]1O. The molecule has 5 atom stereocenters. The number of benzene rings is 1. The van der Waals surface area contributed by atoms with Crippen LogP contribution in [0.2, 0.25) is 0 Å². The van der Waals surface area contributed by atoms with Crippen LogP contribution >= 0.6 is 17.0 Å². The molecule has 1 aromatic carbocycles. The van der Waals surface area contributed by atoms with Gasteiger partial charge in [-0.1, -0.05) is 30.3 Å². The zero-order valence-corrected chi connectivity index (χ0v) is 12.4. The summed E-state index contributed by atoms with van der Waals surface area (Å²) in [4.78, 5) is 0. The van der Waals surface area contributed by atoms with E-state index >= 15 is 0 Å². The molecule has 1 saturated heterocycles. The van der Waals surface area contributed by atoms with Crippen molar-refractivity contribution in [1.82, 2.24) is 0 Å². The zero-order valence-electron chi connectivity index (χ0n) is 10.7. The molecule has 0 amide bonds. The fourth-order valence-corrected chi connectivity index (χ4v) is 2.33. The minimum absolute atomic E-state index is 0. The molecule has 1 heterocycles. The normalized spacial score (nSPS) is 31.1. The first-order valence-electron chi connectivity index (χ1n) is 6.07. The van der Waals surface area contributed by atoms with Crippen LogP contribution in [0.4, 0.5) is 0 Å². The van der Waals surface area contributed by atoms with Gasteiger partial charge in [-0.3, -0.25) is 5.41 Å². The monoisotopic (exact) mass is 346 g/mol. The Morgan fingerprint density at radius 1 is 1.20 bits per heavy atom. The molecule has 6 nitrogen and oxygen atoms in total. The lowest BCUT2D eigenvalue weighted by atomic mass is 9.85. The van der Waals surface area contributed by atoms with Gasteiger partial charge in [-0.25, -0.2) is 0 Å². The van der Waals surface area contributed by atoms with E-state index in [1.165, 1.54) is 0 Å². The summed E-state index contributed by atoms with van der Waals surface area (Å²) in [5, 5.41) is 36.8. The summed E-state index contributed by atoms with van der Waals surface area (Å²) in [7, 11) is 0. The van der Waals surface area contributed by atoms with Crippen LogP contribution in [0.15, 0.2) is 30.3 Å². The molecule has 0 saturated carbocycles. The predicted molar refractivity (Wildman–Crippen MR) is 79.2 cm³/mol. The first-order chi connectivity index (χ1) is 9.02. The average Bonchev–Trinajstić information content (AvgIpc) is 2.40. The topological polar surface area (TPSA) is 120 Å². The Morgan fingerprint density at radius 3 is 2.35 bits per heavy atom. The number of amidine groups is 1. The van der Waals surface area contributed by atoms with E-state index in [4.69, 9.17) is 15.9 Å². The smallest absolute Gasteiger partial charge is 0.111 e. The maximum absolute atomic E-state index is 10.0. The molecule has 1 unspecified atom stereocenters. The highest BCUT2D eigenvalue weighted by Crippen LogP contribution is 2.29. The predicted octanol–water partition coefficient (Wildman–Crippen LogP) is -0.234. The van der Waals surface area contributed by atoms with Gasteiger partial charge in [0.2, 0.25) is 0 Å². The number of ether oxygens (including phenoxy) is 1. The molecular weight excluding hydrogens is 328 g/mol. The Bertz CT molecular complexity index is 445. The van der Waals surface area contributed by atoms with E-state index in [0.29, 0.717) is 0 Å². The van der Waals surface area contributed by atoms with Gasteiger partial charge in [-0.15, -0.1) is 17.0 Å². The molecule has 2 rings (SSSR count). The molecule has 0 aliphatic carbocycles. The summed E-state index contributed by atoms with van der Waals surface area (Å²) < 4.78 is 5.37. The van der Waals surface area contributed by atoms with E-state index in [-0.39, 0.29) is 29.4 Å². The molecule has 1 aromatic rings. The third-order valence-electron chi connectivity index (χ3n) is 3.36. The van der Waals surface area contributed by atoms with E-state index in [0.717, 1.165) is 5.56 Å². The van der Waals surface area contributed by atoms with Crippen LogP contribution < -0.4 is 5.73 Å². The van der Waals surface area contributed by atoms with E-state index in [1.807, 2.05) is 6.07 Å². The fraction of sp³-hybridized carbons (Fsp3) is 0.462. The van der Waals surface area contributed by atoms with Crippen molar-refractivity contribution in [2.45, 2.75) is 30.3 Å².